The van der Waals surface area contributed by atoms with E-state index in [4.69, 9.17) is 0 Å². The van der Waals surface area contributed by atoms with Gasteiger partial charge in [-0.05, 0) is 40.5 Å². The van der Waals surface area contributed by atoms with Gasteiger partial charge in [-0.1, -0.05) is 111 Å². The van der Waals surface area contributed by atoms with Gasteiger partial charge in [0.25, 0.3) is 0 Å². The van der Waals surface area contributed by atoms with Crippen molar-refractivity contribution < 1.29 is 0 Å². The quantitative estimate of drug-likeness (QED) is 0.432. The lowest BCUT2D eigenvalue weighted by Gasteiger charge is -2.20. The van der Waals surface area contributed by atoms with Gasteiger partial charge in [-0.2, -0.15) is 0 Å². The standard InChI is InChI=1S/C24H21P.BrH/c1-4-19-7-13-22(14-8-19)25(23-15-9-20(5-2)10-16-23)24-17-11-21(6-3)12-18-24;/h4-18H,1-3H2;1H. The van der Waals surface area contributed by atoms with Crippen molar-refractivity contribution in [3.05, 3.63) is 109 Å². The molecule has 26 heavy (non-hydrogen) atoms. The fraction of sp³-hybridized carbons (Fsp3) is 0. The molecule has 3 aromatic carbocycles. The van der Waals surface area contributed by atoms with E-state index in [1.54, 1.807) is 0 Å². The molecule has 2 heteroatoms. The van der Waals surface area contributed by atoms with Gasteiger partial charge in [-0.3, -0.25) is 0 Å². The molecule has 3 aromatic rings. The summed E-state index contributed by atoms with van der Waals surface area (Å²) in [7, 11) is -0.601. The van der Waals surface area contributed by atoms with Gasteiger partial charge in [0, 0.05) is 0 Å². The van der Waals surface area contributed by atoms with Crippen molar-refractivity contribution in [1.29, 1.82) is 0 Å². The number of benzene rings is 3. The van der Waals surface area contributed by atoms with Gasteiger partial charge in [-0.25, -0.2) is 0 Å². The third kappa shape index (κ3) is 4.49. The van der Waals surface area contributed by atoms with Crippen LogP contribution in [0.5, 0.6) is 0 Å². The van der Waals surface area contributed by atoms with Gasteiger partial charge in [0.1, 0.15) is 0 Å². The van der Waals surface area contributed by atoms with Crippen LogP contribution in [0, 0.1) is 0 Å². The van der Waals surface area contributed by atoms with E-state index in [1.165, 1.54) is 15.9 Å². The molecular formula is C24H22BrP. The first-order chi connectivity index (χ1) is 12.2. The third-order valence-electron chi connectivity index (χ3n) is 4.16. The summed E-state index contributed by atoms with van der Waals surface area (Å²) in [5.41, 5.74) is 3.42. The van der Waals surface area contributed by atoms with Crippen LogP contribution in [0.25, 0.3) is 18.2 Å². The Labute approximate surface area is 168 Å². The normalized spacial score (nSPS) is 10.0. The molecule has 0 radical (unpaired) electrons. The van der Waals surface area contributed by atoms with Crippen molar-refractivity contribution in [2.45, 2.75) is 0 Å². The number of rotatable bonds is 6. The number of hydrogen-bond donors (Lipinski definition) is 0. The Hall–Kier alpha value is -2.21. The van der Waals surface area contributed by atoms with Crippen LogP contribution in [0.1, 0.15) is 16.7 Å². The largest absolute Gasteiger partial charge is 0.114 e. The highest BCUT2D eigenvalue weighted by Gasteiger charge is 2.16. The molecule has 0 amide bonds. The molecule has 0 aliphatic heterocycles. The maximum atomic E-state index is 3.85. The summed E-state index contributed by atoms with van der Waals surface area (Å²) >= 11 is 0. The summed E-state index contributed by atoms with van der Waals surface area (Å²) in [6.07, 6.45) is 5.64. The fourth-order valence-electron chi connectivity index (χ4n) is 2.73. The minimum absolute atomic E-state index is 0. The van der Waals surface area contributed by atoms with Crippen LogP contribution in [0.2, 0.25) is 0 Å². The molecule has 0 aliphatic carbocycles. The monoisotopic (exact) mass is 420 g/mol. The van der Waals surface area contributed by atoms with Crippen molar-refractivity contribution in [3.8, 4) is 0 Å². The van der Waals surface area contributed by atoms with Crippen molar-refractivity contribution in [1.82, 2.24) is 0 Å². The summed E-state index contributed by atoms with van der Waals surface area (Å²) in [5, 5.41) is 4.00. The summed E-state index contributed by atoms with van der Waals surface area (Å²) in [6, 6.07) is 26.1. The highest BCUT2D eigenvalue weighted by Crippen LogP contribution is 2.33. The molecule has 0 bridgehead atoms. The Morgan fingerprint density at radius 2 is 0.692 bits per heavy atom. The van der Waals surface area contributed by atoms with Crippen molar-refractivity contribution in [3.63, 3.8) is 0 Å². The van der Waals surface area contributed by atoms with E-state index in [0.717, 1.165) is 16.7 Å². The molecule has 0 heterocycles. The minimum Gasteiger partial charge on any atom is -0.114 e. The van der Waals surface area contributed by atoms with E-state index >= 15 is 0 Å². The SMILES string of the molecule is Br.C=Cc1ccc(P(c2ccc(C=C)cc2)c2ccc(C=C)cc2)cc1. The van der Waals surface area contributed by atoms with Gasteiger partial charge < -0.3 is 0 Å². The zero-order valence-electron chi connectivity index (χ0n) is 14.6. The average Bonchev–Trinajstić information content (AvgIpc) is 2.70. The van der Waals surface area contributed by atoms with E-state index in [-0.39, 0.29) is 17.0 Å². The van der Waals surface area contributed by atoms with E-state index < -0.39 is 7.92 Å². The first-order valence-corrected chi connectivity index (χ1v) is 9.57. The Bertz CT molecular complexity index is 753. The zero-order chi connectivity index (χ0) is 17.6. The van der Waals surface area contributed by atoms with Crippen LogP contribution in [-0.2, 0) is 0 Å². The second kappa shape index (κ2) is 9.48. The lowest BCUT2D eigenvalue weighted by atomic mass is 10.2. The van der Waals surface area contributed by atoms with E-state index in [2.05, 4.69) is 92.5 Å². The molecule has 0 saturated carbocycles. The summed E-state index contributed by atoms with van der Waals surface area (Å²) in [6.45, 7) is 11.5. The van der Waals surface area contributed by atoms with Crippen LogP contribution < -0.4 is 15.9 Å². The predicted octanol–water partition coefficient (Wildman–Crippen LogP) is 5.95. The second-order valence-corrected chi connectivity index (χ2v) is 7.94. The van der Waals surface area contributed by atoms with Gasteiger partial charge >= 0.3 is 0 Å². The Balaban J connectivity index is 0.00000243. The zero-order valence-corrected chi connectivity index (χ0v) is 17.2. The average molecular weight is 421 g/mol. The number of halogens is 1. The van der Waals surface area contributed by atoms with E-state index in [1.807, 2.05) is 18.2 Å². The van der Waals surface area contributed by atoms with Crippen molar-refractivity contribution in [2.75, 3.05) is 0 Å². The van der Waals surface area contributed by atoms with Gasteiger partial charge in [0.2, 0.25) is 0 Å². The maximum absolute atomic E-state index is 3.85. The Morgan fingerprint density at radius 1 is 0.462 bits per heavy atom. The maximum Gasteiger partial charge on any atom is -0.0134 e. The molecule has 0 spiro atoms. The predicted molar refractivity (Wildman–Crippen MR) is 126 cm³/mol. The molecular weight excluding hydrogens is 399 g/mol. The highest BCUT2D eigenvalue weighted by molar-refractivity contribution is 8.93. The Morgan fingerprint density at radius 3 is 0.885 bits per heavy atom. The molecule has 0 atom stereocenters. The van der Waals surface area contributed by atoms with Crippen LogP contribution >= 0.6 is 24.9 Å². The molecule has 0 aliphatic rings. The lowest BCUT2D eigenvalue weighted by molar-refractivity contribution is 1.68. The molecule has 0 fully saturated rings. The van der Waals surface area contributed by atoms with Crippen LogP contribution in [0.4, 0.5) is 0 Å². The minimum atomic E-state index is -0.601. The van der Waals surface area contributed by atoms with Crippen molar-refractivity contribution in [2.24, 2.45) is 0 Å². The summed E-state index contributed by atoms with van der Waals surface area (Å²) < 4.78 is 0. The smallest absolute Gasteiger partial charge is 0.0134 e. The van der Waals surface area contributed by atoms with Crippen LogP contribution in [0.15, 0.2) is 92.5 Å². The highest BCUT2D eigenvalue weighted by atomic mass is 79.9. The molecule has 0 saturated heterocycles. The molecule has 0 nitrogen and oxygen atoms in total. The number of hydrogen-bond acceptors (Lipinski definition) is 0. The summed E-state index contributed by atoms with van der Waals surface area (Å²) in [5.74, 6) is 0. The first kappa shape index (κ1) is 20.1. The topological polar surface area (TPSA) is 0 Å². The first-order valence-electron chi connectivity index (χ1n) is 8.23. The second-order valence-electron chi connectivity index (χ2n) is 5.72. The van der Waals surface area contributed by atoms with E-state index in [9.17, 15) is 0 Å². The van der Waals surface area contributed by atoms with Gasteiger partial charge in [-0.15, -0.1) is 17.0 Å². The molecule has 130 valence electrons. The van der Waals surface area contributed by atoms with Crippen molar-refractivity contribution >= 4 is 59.0 Å². The van der Waals surface area contributed by atoms with E-state index in [0.29, 0.717) is 0 Å². The summed E-state index contributed by atoms with van der Waals surface area (Å²) in [4.78, 5) is 0. The fourth-order valence-corrected chi connectivity index (χ4v) is 4.96. The van der Waals surface area contributed by atoms with Gasteiger partial charge in [0.15, 0.2) is 0 Å². The molecule has 0 aromatic heterocycles. The van der Waals surface area contributed by atoms with Crippen LogP contribution in [0.3, 0.4) is 0 Å². The molecule has 3 rings (SSSR count). The third-order valence-corrected chi connectivity index (χ3v) is 6.60. The molecule has 0 unspecified atom stereocenters. The lowest BCUT2D eigenvalue weighted by Crippen LogP contribution is -2.20. The van der Waals surface area contributed by atoms with Gasteiger partial charge in [0.05, 0.1) is 0 Å². The molecule has 0 N–H and O–H groups in total. The Kier molecular flexibility index (Phi) is 7.33. The van der Waals surface area contributed by atoms with Crippen LogP contribution in [-0.4, -0.2) is 0 Å².